The van der Waals surface area contributed by atoms with Gasteiger partial charge < -0.3 is 19.5 Å². The highest BCUT2D eigenvalue weighted by Crippen LogP contribution is 2.46. The molecule has 0 amide bonds. The number of hydrogen-bond acceptors (Lipinski definition) is 7. The maximum absolute atomic E-state index is 13.8. The van der Waals surface area contributed by atoms with E-state index in [1.165, 1.54) is 7.11 Å². The molecule has 0 unspecified atom stereocenters. The molecule has 1 heterocycles. The Morgan fingerprint density at radius 2 is 1.66 bits per heavy atom. The third-order valence-electron chi connectivity index (χ3n) is 7.49. The van der Waals surface area contributed by atoms with E-state index in [0.29, 0.717) is 29.0 Å². The van der Waals surface area contributed by atoms with E-state index >= 15 is 0 Å². The number of dihydropyridines is 1. The summed E-state index contributed by atoms with van der Waals surface area (Å²) in [5.41, 5.74) is 3.08. The topological polar surface area (TPSA) is 90.9 Å². The Bertz CT molecular complexity index is 1050. The number of esters is 2. The molecule has 1 N–H and O–H groups in total. The van der Waals surface area contributed by atoms with Crippen LogP contribution in [0, 0.1) is 11.8 Å². The van der Waals surface area contributed by atoms with Gasteiger partial charge in [-0.3, -0.25) is 9.59 Å². The van der Waals surface area contributed by atoms with Crippen LogP contribution in [-0.4, -0.2) is 38.0 Å². The second kappa shape index (κ2) is 10.7. The van der Waals surface area contributed by atoms with Gasteiger partial charge in [0.25, 0.3) is 0 Å². The zero-order valence-corrected chi connectivity index (χ0v) is 21.0. The number of methoxy groups -OCH3 is 2. The highest BCUT2D eigenvalue weighted by Gasteiger charge is 2.47. The lowest BCUT2D eigenvalue weighted by atomic mass is 9.69. The highest BCUT2D eigenvalue weighted by atomic mass is 16.5. The minimum Gasteiger partial charge on any atom is -0.497 e. The van der Waals surface area contributed by atoms with Crippen LogP contribution in [0.25, 0.3) is 0 Å². The lowest BCUT2D eigenvalue weighted by Gasteiger charge is -2.38. The van der Waals surface area contributed by atoms with Gasteiger partial charge in [-0.1, -0.05) is 31.9 Å². The van der Waals surface area contributed by atoms with E-state index in [2.05, 4.69) is 5.32 Å². The second-order valence-electron chi connectivity index (χ2n) is 9.83. The monoisotopic (exact) mass is 481 g/mol. The first-order valence-electron chi connectivity index (χ1n) is 12.5. The van der Waals surface area contributed by atoms with Crippen molar-refractivity contribution in [2.24, 2.45) is 11.8 Å². The van der Waals surface area contributed by atoms with Gasteiger partial charge in [0.05, 0.1) is 19.8 Å². The quantitative estimate of drug-likeness (QED) is 0.374. The largest absolute Gasteiger partial charge is 0.497 e. The molecule has 1 aromatic rings. The van der Waals surface area contributed by atoms with Gasteiger partial charge in [0.1, 0.15) is 17.8 Å². The molecule has 188 valence electrons. The van der Waals surface area contributed by atoms with Crippen LogP contribution in [0.5, 0.6) is 5.75 Å². The predicted octanol–water partition coefficient (Wildman–Crippen LogP) is 4.57. The Kier molecular flexibility index (Phi) is 7.63. The standard InChI is InChI=1S/C28H35NO6/c1-16-15-21-25(26(30)22(16)27(31)34-4)24(18-11-13-19(33-3)14-12-18)23(17(2)29-21)28(32)35-20-9-7-5-6-8-10-20/h11-14,16,20,22,24,29H,5-10,15H2,1-4H3/t16-,22+,24-/m0/s1. The van der Waals surface area contributed by atoms with Crippen molar-refractivity contribution in [2.75, 3.05) is 14.2 Å². The van der Waals surface area contributed by atoms with Crippen LogP contribution >= 0.6 is 0 Å². The van der Waals surface area contributed by atoms with Crippen LogP contribution in [0.15, 0.2) is 46.8 Å². The number of carbonyl (C=O) groups is 3. The Labute approximate surface area is 206 Å². The molecule has 4 rings (SSSR count). The molecule has 3 atom stereocenters. The molecule has 35 heavy (non-hydrogen) atoms. The molecule has 7 heteroatoms. The second-order valence-corrected chi connectivity index (χ2v) is 9.83. The summed E-state index contributed by atoms with van der Waals surface area (Å²) in [7, 11) is 2.89. The Morgan fingerprint density at radius 1 is 1.00 bits per heavy atom. The fraction of sp³-hybridized carbons (Fsp3) is 0.536. The predicted molar refractivity (Wildman–Crippen MR) is 130 cm³/mol. The SMILES string of the molecule is COC(=O)[C@H]1C(=O)C2=C(C[C@@H]1C)NC(C)=C(C(=O)OC1CCCCCC1)[C@@H]2c1ccc(OC)cc1. The molecule has 0 aromatic heterocycles. The van der Waals surface area contributed by atoms with E-state index in [9.17, 15) is 14.4 Å². The van der Waals surface area contributed by atoms with Crippen molar-refractivity contribution in [1.29, 1.82) is 0 Å². The third-order valence-corrected chi connectivity index (χ3v) is 7.49. The molecular formula is C28H35NO6. The Morgan fingerprint density at radius 3 is 2.26 bits per heavy atom. The molecule has 2 aliphatic carbocycles. The van der Waals surface area contributed by atoms with Crippen LogP contribution in [0.1, 0.15) is 70.3 Å². The van der Waals surface area contributed by atoms with Gasteiger partial charge in [-0.25, -0.2) is 4.79 Å². The lowest BCUT2D eigenvalue weighted by Crippen LogP contribution is -2.43. The van der Waals surface area contributed by atoms with Crippen molar-refractivity contribution in [1.82, 2.24) is 5.32 Å². The molecule has 3 aliphatic rings. The number of carbonyl (C=O) groups excluding carboxylic acids is 3. The number of allylic oxidation sites excluding steroid dienone is 3. The molecule has 1 saturated carbocycles. The van der Waals surface area contributed by atoms with Gasteiger partial charge in [0, 0.05) is 22.9 Å². The number of rotatable bonds is 5. The summed E-state index contributed by atoms with van der Waals surface area (Å²) in [4.78, 5) is 40.0. The van der Waals surface area contributed by atoms with Crippen LogP contribution in [0.4, 0.5) is 0 Å². The van der Waals surface area contributed by atoms with E-state index < -0.39 is 23.8 Å². The summed E-state index contributed by atoms with van der Waals surface area (Å²) < 4.78 is 16.3. The van der Waals surface area contributed by atoms with Gasteiger partial charge in [-0.2, -0.15) is 0 Å². The number of nitrogens with one attached hydrogen (secondary N) is 1. The average molecular weight is 482 g/mol. The zero-order chi connectivity index (χ0) is 25.1. The average Bonchev–Trinajstić information content (AvgIpc) is 3.11. The van der Waals surface area contributed by atoms with E-state index in [1.54, 1.807) is 7.11 Å². The minimum atomic E-state index is -0.904. The number of Topliss-reactive ketones (excluding diaryl/α,β-unsaturated/α-hetero) is 1. The number of ketones is 1. The number of hydrogen-bond donors (Lipinski definition) is 1. The van der Waals surface area contributed by atoms with Gasteiger partial charge in [0.2, 0.25) is 0 Å². The van der Waals surface area contributed by atoms with Crippen molar-refractivity contribution in [2.45, 2.75) is 70.8 Å². The van der Waals surface area contributed by atoms with Crippen LogP contribution in [-0.2, 0) is 23.9 Å². The molecule has 1 aliphatic heterocycles. The fourth-order valence-electron chi connectivity index (χ4n) is 5.66. The normalized spacial score (nSPS) is 25.4. The molecular weight excluding hydrogens is 446 g/mol. The minimum absolute atomic E-state index is 0.123. The molecule has 1 aromatic carbocycles. The van der Waals surface area contributed by atoms with Crippen molar-refractivity contribution in [3.8, 4) is 5.75 Å². The molecule has 0 radical (unpaired) electrons. The molecule has 0 spiro atoms. The molecule has 7 nitrogen and oxygen atoms in total. The van der Waals surface area contributed by atoms with Crippen molar-refractivity contribution in [3.63, 3.8) is 0 Å². The van der Waals surface area contributed by atoms with E-state index in [-0.39, 0.29) is 17.8 Å². The van der Waals surface area contributed by atoms with Gasteiger partial charge in [0.15, 0.2) is 5.78 Å². The summed E-state index contributed by atoms with van der Waals surface area (Å²) in [6.45, 7) is 3.73. The number of benzene rings is 1. The van der Waals surface area contributed by atoms with Crippen LogP contribution in [0.2, 0.25) is 0 Å². The third kappa shape index (κ3) is 5.00. The van der Waals surface area contributed by atoms with E-state index in [1.807, 2.05) is 38.1 Å². The first-order valence-corrected chi connectivity index (χ1v) is 12.5. The molecule has 1 fully saturated rings. The first-order chi connectivity index (χ1) is 16.8. The summed E-state index contributed by atoms with van der Waals surface area (Å²) in [6, 6.07) is 7.36. The van der Waals surface area contributed by atoms with Crippen molar-refractivity contribution < 1.29 is 28.6 Å². The summed E-state index contributed by atoms with van der Waals surface area (Å²) in [6.07, 6.45) is 6.50. The smallest absolute Gasteiger partial charge is 0.337 e. The summed E-state index contributed by atoms with van der Waals surface area (Å²) >= 11 is 0. The Balaban J connectivity index is 1.76. The first kappa shape index (κ1) is 25.0. The van der Waals surface area contributed by atoms with E-state index in [4.69, 9.17) is 14.2 Å². The van der Waals surface area contributed by atoms with E-state index in [0.717, 1.165) is 49.8 Å². The van der Waals surface area contributed by atoms with Crippen LogP contribution in [0.3, 0.4) is 0 Å². The zero-order valence-electron chi connectivity index (χ0n) is 21.0. The molecule has 0 bridgehead atoms. The molecule has 0 saturated heterocycles. The van der Waals surface area contributed by atoms with Gasteiger partial charge >= 0.3 is 11.9 Å². The highest BCUT2D eigenvalue weighted by molar-refractivity contribution is 6.12. The van der Waals surface area contributed by atoms with Gasteiger partial charge in [-0.15, -0.1) is 0 Å². The summed E-state index contributed by atoms with van der Waals surface area (Å²) in [5, 5.41) is 3.32. The Hall–Kier alpha value is -3.09. The van der Waals surface area contributed by atoms with Gasteiger partial charge in [-0.05, 0) is 62.6 Å². The fourth-order valence-corrected chi connectivity index (χ4v) is 5.66. The summed E-state index contributed by atoms with van der Waals surface area (Å²) in [5.74, 6) is -2.33. The lowest BCUT2D eigenvalue weighted by molar-refractivity contribution is -0.151. The van der Waals surface area contributed by atoms with Crippen molar-refractivity contribution >= 4 is 17.7 Å². The number of ether oxygens (including phenoxy) is 3. The van der Waals surface area contributed by atoms with Crippen LogP contribution < -0.4 is 10.1 Å². The van der Waals surface area contributed by atoms with Crippen molar-refractivity contribution in [3.05, 3.63) is 52.4 Å². The maximum Gasteiger partial charge on any atom is 0.337 e. The maximum atomic E-state index is 13.8.